The van der Waals surface area contributed by atoms with E-state index in [1.54, 1.807) is 0 Å². The average molecular weight is 150 g/mol. The van der Waals surface area contributed by atoms with Crippen molar-refractivity contribution in [3.05, 3.63) is 35.9 Å². The molecule has 11 heavy (non-hydrogen) atoms. The third kappa shape index (κ3) is 1.40. The Kier molecular flexibility index (Phi) is 1.85. The first-order valence-corrected chi connectivity index (χ1v) is 3.62. The molecule has 1 aromatic carbocycles. The van der Waals surface area contributed by atoms with E-state index in [-0.39, 0.29) is 6.23 Å². The van der Waals surface area contributed by atoms with E-state index in [0.29, 0.717) is 6.73 Å². The molecule has 1 aliphatic heterocycles. The van der Waals surface area contributed by atoms with Crippen LogP contribution in [0, 0.1) is 0 Å². The predicted molar refractivity (Wildman–Crippen MR) is 41.4 cm³/mol. The molecule has 0 spiro atoms. The minimum atomic E-state index is 0.0104. The SMILES string of the molecule is c1ccc(C2NNCO2)cc1. The highest BCUT2D eigenvalue weighted by Gasteiger charge is 2.14. The fourth-order valence-electron chi connectivity index (χ4n) is 1.11. The van der Waals surface area contributed by atoms with Crippen molar-refractivity contribution in [2.75, 3.05) is 6.73 Å². The van der Waals surface area contributed by atoms with Crippen LogP contribution in [0.4, 0.5) is 0 Å². The predicted octanol–water partition coefficient (Wildman–Crippen LogP) is 0.767. The number of hydrogen-bond acceptors (Lipinski definition) is 3. The number of ether oxygens (including phenoxy) is 1. The summed E-state index contributed by atoms with van der Waals surface area (Å²) >= 11 is 0. The molecule has 1 saturated heterocycles. The average Bonchev–Trinajstić information content (AvgIpc) is 2.58. The molecule has 3 heteroatoms. The highest BCUT2D eigenvalue weighted by molar-refractivity contribution is 5.17. The van der Waals surface area contributed by atoms with Gasteiger partial charge in [-0.3, -0.25) is 0 Å². The Bertz CT molecular complexity index is 219. The fourth-order valence-corrected chi connectivity index (χ4v) is 1.11. The lowest BCUT2D eigenvalue weighted by molar-refractivity contribution is 0.100. The van der Waals surface area contributed by atoms with Gasteiger partial charge in [0.05, 0.1) is 0 Å². The summed E-state index contributed by atoms with van der Waals surface area (Å²) in [5.74, 6) is 0. The highest BCUT2D eigenvalue weighted by atomic mass is 16.5. The largest absolute Gasteiger partial charge is 0.341 e. The molecule has 0 amide bonds. The zero-order valence-corrected chi connectivity index (χ0v) is 6.08. The molecule has 3 nitrogen and oxygen atoms in total. The van der Waals surface area contributed by atoms with Gasteiger partial charge in [-0.2, -0.15) is 0 Å². The first kappa shape index (κ1) is 6.79. The van der Waals surface area contributed by atoms with E-state index in [1.165, 1.54) is 0 Å². The molecule has 1 aliphatic rings. The second-order valence-corrected chi connectivity index (χ2v) is 2.42. The lowest BCUT2D eigenvalue weighted by Crippen LogP contribution is -2.24. The second-order valence-electron chi connectivity index (χ2n) is 2.42. The molecule has 0 aliphatic carbocycles. The Hall–Kier alpha value is -0.900. The number of hydrogen-bond donors (Lipinski definition) is 2. The molecule has 1 unspecified atom stereocenters. The van der Waals surface area contributed by atoms with Gasteiger partial charge in [0.2, 0.25) is 0 Å². The topological polar surface area (TPSA) is 33.3 Å². The van der Waals surface area contributed by atoms with Crippen molar-refractivity contribution in [1.82, 2.24) is 10.9 Å². The highest BCUT2D eigenvalue weighted by Crippen LogP contribution is 2.14. The zero-order valence-electron chi connectivity index (χ0n) is 6.08. The van der Waals surface area contributed by atoms with Crippen LogP contribution in [0.3, 0.4) is 0 Å². The monoisotopic (exact) mass is 150 g/mol. The van der Waals surface area contributed by atoms with Crippen molar-refractivity contribution in [1.29, 1.82) is 0 Å². The van der Waals surface area contributed by atoms with E-state index in [2.05, 4.69) is 10.9 Å². The Balaban J connectivity index is 2.16. The van der Waals surface area contributed by atoms with Crippen LogP contribution in [0.5, 0.6) is 0 Å². The normalized spacial score (nSPS) is 23.8. The van der Waals surface area contributed by atoms with E-state index < -0.39 is 0 Å². The van der Waals surface area contributed by atoms with Crippen molar-refractivity contribution < 1.29 is 4.74 Å². The van der Waals surface area contributed by atoms with Crippen LogP contribution in [0.15, 0.2) is 30.3 Å². The van der Waals surface area contributed by atoms with E-state index in [9.17, 15) is 0 Å². The summed E-state index contributed by atoms with van der Waals surface area (Å²) in [6.07, 6.45) is 0.0104. The summed E-state index contributed by atoms with van der Waals surface area (Å²) in [6.45, 7) is 0.569. The Morgan fingerprint density at radius 1 is 1.27 bits per heavy atom. The molecule has 1 fully saturated rings. The summed E-state index contributed by atoms with van der Waals surface area (Å²) in [5.41, 5.74) is 7.05. The molecule has 0 aromatic heterocycles. The lowest BCUT2D eigenvalue weighted by Gasteiger charge is -2.07. The molecule has 58 valence electrons. The summed E-state index contributed by atoms with van der Waals surface area (Å²) in [5, 5.41) is 0. The smallest absolute Gasteiger partial charge is 0.148 e. The van der Waals surface area contributed by atoms with Gasteiger partial charge in [0, 0.05) is 0 Å². The third-order valence-electron chi connectivity index (χ3n) is 1.66. The van der Waals surface area contributed by atoms with Crippen molar-refractivity contribution in [2.24, 2.45) is 0 Å². The van der Waals surface area contributed by atoms with Gasteiger partial charge in [0.1, 0.15) is 13.0 Å². The maximum absolute atomic E-state index is 5.32. The van der Waals surface area contributed by atoms with Crippen LogP contribution >= 0.6 is 0 Å². The van der Waals surface area contributed by atoms with Gasteiger partial charge in [-0.05, 0) is 5.56 Å². The molecule has 2 N–H and O–H groups in total. The molecule has 2 rings (SSSR count). The molecular weight excluding hydrogens is 140 g/mol. The van der Waals surface area contributed by atoms with E-state index in [0.717, 1.165) is 5.56 Å². The van der Waals surface area contributed by atoms with Crippen LogP contribution in [0.25, 0.3) is 0 Å². The minimum Gasteiger partial charge on any atom is -0.341 e. The third-order valence-corrected chi connectivity index (χ3v) is 1.66. The van der Waals surface area contributed by atoms with Gasteiger partial charge in [0.15, 0.2) is 0 Å². The Labute approximate surface area is 65.3 Å². The molecule has 0 radical (unpaired) electrons. The molecule has 1 aromatic rings. The standard InChI is InChI=1S/C8H10N2O/c1-2-4-7(5-3-1)8-10-9-6-11-8/h1-5,8-10H,6H2. The zero-order chi connectivity index (χ0) is 7.52. The van der Waals surface area contributed by atoms with Gasteiger partial charge >= 0.3 is 0 Å². The number of rotatable bonds is 1. The van der Waals surface area contributed by atoms with Crippen molar-refractivity contribution >= 4 is 0 Å². The summed E-state index contributed by atoms with van der Waals surface area (Å²) in [7, 11) is 0. The first-order valence-electron chi connectivity index (χ1n) is 3.62. The van der Waals surface area contributed by atoms with Crippen LogP contribution in [-0.4, -0.2) is 6.73 Å². The fraction of sp³-hybridized carbons (Fsp3) is 0.250. The molecule has 1 atom stereocenters. The first-order chi connectivity index (χ1) is 5.47. The van der Waals surface area contributed by atoms with Gasteiger partial charge in [-0.25, -0.2) is 10.9 Å². The molecular formula is C8H10N2O. The minimum absolute atomic E-state index is 0.0104. The Morgan fingerprint density at radius 3 is 2.73 bits per heavy atom. The molecule has 0 saturated carbocycles. The lowest BCUT2D eigenvalue weighted by atomic mass is 10.2. The van der Waals surface area contributed by atoms with Crippen LogP contribution in [0.2, 0.25) is 0 Å². The maximum atomic E-state index is 5.32. The number of nitrogens with one attached hydrogen (secondary N) is 2. The molecule has 0 bridgehead atoms. The van der Waals surface area contributed by atoms with Crippen LogP contribution in [-0.2, 0) is 4.74 Å². The summed E-state index contributed by atoms with van der Waals surface area (Å²) in [4.78, 5) is 0. The van der Waals surface area contributed by atoms with Gasteiger partial charge < -0.3 is 4.74 Å². The second kappa shape index (κ2) is 3.00. The Morgan fingerprint density at radius 2 is 2.09 bits per heavy atom. The van der Waals surface area contributed by atoms with E-state index >= 15 is 0 Å². The van der Waals surface area contributed by atoms with Gasteiger partial charge in [0.25, 0.3) is 0 Å². The number of hydrazine groups is 1. The van der Waals surface area contributed by atoms with Crippen molar-refractivity contribution in [2.45, 2.75) is 6.23 Å². The van der Waals surface area contributed by atoms with Crippen LogP contribution in [0.1, 0.15) is 11.8 Å². The van der Waals surface area contributed by atoms with Crippen molar-refractivity contribution in [3.8, 4) is 0 Å². The van der Waals surface area contributed by atoms with E-state index in [1.807, 2.05) is 30.3 Å². The number of benzene rings is 1. The van der Waals surface area contributed by atoms with Crippen molar-refractivity contribution in [3.63, 3.8) is 0 Å². The van der Waals surface area contributed by atoms with Gasteiger partial charge in [-0.15, -0.1) is 0 Å². The summed E-state index contributed by atoms with van der Waals surface area (Å²) in [6, 6.07) is 10.1. The van der Waals surface area contributed by atoms with Gasteiger partial charge in [-0.1, -0.05) is 30.3 Å². The quantitative estimate of drug-likeness (QED) is 0.620. The van der Waals surface area contributed by atoms with Crippen LogP contribution < -0.4 is 10.9 Å². The maximum Gasteiger partial charge on any atom is 0.148 e. The summed E-state index contributed by atoms with van der Waals surface area (Å²) < 4.78 is 5.32. The van der Waals surface area contributed by atoms with E-state index in [4.69, 9.17) is 4.74 Å². The molecule has 1 heterocycles.